The number of carbonyl (C=O) groups excluding carboxylic acids is 2. The molecule has 1 amide bonds. The van der Waals surface area contributed by atoms with Crippen molar-refractivity contribution < 1.29 is 49.4 Å². The molecule has 0 bridgehead atoms. The van der Waals surface area contributed by atoms with Gasteiger partial charge in [-0.2, -0.15) is 0 Å². The van der Waals surface area contributed by atoms with Crippen LogP contribution >= 0.6 is 22.7 Å². The summed E-state index contributed by atoms with van der Waals surface area (Å²) in [5.74, 6) is -0.497. The molecule has 0 aliphatic rings. The van der Waals surface area contributed by atoms with Crippen molar-refractivity contribution in [2.24, 2.45) is 0 Å². The van der Waals surface area contributed by atoms with Crippen molar-refractivity contribution in [2.75, 3.05) is 13.2 Å². The zero-order valence-corrected chi connectivity index (χ0v) is 36.3. The van der Waals surface area contributed by atoms with Gasteiger partial charge in [-0.3, -0.25) is 0 Å². The Kier molecular flexibility index (Phi) is 18.9. The molecule has 0 spiro atoms. The molecule has 4 heterocycles. The topological polar surface area (TPSA) is 131 Å². The van der Waals surface area contributed by atoms with E-state index >= 15 is 0 Å². The Bertz CT molecular complexity index is 2140. The quantitative estimate of drug-likeness (QED) is 0.0451. The van der Waals surface area contributed by atoms with Crippen LogP contribution in [-0.2, 0) is 47.4 Å². The molecule has 3 aromatic carbocycles. The van der Waals surface area contributed by atoms with Crippen LogP contribution in [0.2, 0.25) is 0 Å². The number of aliphatic hydroxyl groups is 2. The predicted octanol–water partition coefficient (Wildman–Crippen LogP) is 9.62. The van der Waals surface area contributed by atoms with E-state index in [2.05, 4.69) is 70.4 Å². The second-order valence-electron chi connectivity index (χ2n) is 13.0. The number of fused-ring (bicyclic) bond motifs is 2. The van der Waals surface area contributed by atoms with E-state index in [0.717, 1.165) is 32.3 Å². The molecule has 2 atom stereocenters. The first-order valence-electron chi connectivity index (χ1n) is 18.5. The summed E-state index contributed by atoms with van der Waals surface area (Å²) in [6, 6.07) is 42.7. The van der Waals surface area contributed by atoms with Gasteiger partial charge in [-0.05, 0) is 75.5 Å². The van der Waals surface area contributed by atoms with Gasteiger partial charge in [0, 0.05) is 49.5 Å². The number of nitrogens with zero attached hydrogens (tertiary/aromatic N) is 2. The molecule has 0 saturated heterocycles. The smallest absolute Gasteiger partial charge is 0.407 e. The number of hydrogen-bond acceptors (Lipinski definition) is 10. The average molecular weight is 992 g/mol. The Balaban J connectivity index is 0.000000203. The summed E-state index contributed by atoms with van der Waals surface area (Å²) >= 11 is 3.46. The standard InChI is InChI=1S/C20H29NO6.2C13H8NS.Ir/c1-14(2)19(24)26-11-10-21-20(25)27-13-17-6-4-16(5-7-17)8-9-18(23)12-15(3)22;2*1-2-7-12-10(5-1)9-13(15-12)11-6-3-4-8-14-11;/h4-7,15,18,22-23H,1,8-13H2,2-3H3,(H,21,25);2*1-8H;/q;2*-1;. The second-order valence-corrected chi connectivity index (χ2v) is 15.2. The van der Waals surface area contributed by atoms with Gasteiger partial charge in [0.05, 0.1) is 18.8 Å². The summed E-state index contributed by atoms with van der Waals surface area (Å²) in [6.07, 6.45) is 3.66. The number of pyridine rings is 2. The maximum absolute atomic E-state index is 11.6. The molecule has 2 unspecified atom stereocenters. The fourth-order valence-corrected chi connectivity index (χ4v) is 7.29. The van der Waals surface area contributed by atoms with E-state index in [-0.39, 0.29) is 39.9 Å². The fraction of sp³-hybridized carbons (Fsp3) is 0.217. The summed E-state index contributed by atoms with van der Waals surface area (Å²) in [6.45, 7) is 7.00. The van der Waals surface area contributed by atoms with Crippen LogP contribution in [0.3, 0.4) is 0 Å². The third-order valence-corrected chi connectivity index (χ3v) is 10.4. The second kappa shape index (κ2) is 24.0. The Hall–Kier alpha value is -5.07. The SMILES string of the molecule is C=C(C)C(=O)OCCNC(=O)OCc1ccc(CCC(O)CC(C)O)cc1.[Ir].[c-]1c(-c2ccccn2)sc2ccccc12.[c-]1c(-c2ccccn2)sc2ccccc12. The number of benzene rings is 3. The van der Waals surface area contributed by atoms with E-state index in [1.165, 1.54) is 20.2 Å². The Morgan fingerprint density at radius 2 is 1.28 bits per heavy atom. The number of rotatable bonds is 13. The van der Waals surface area contributed by atoms with Crippen LogP contribution in [0.5, 0.6) is 0 Å². The number of aliphatic hydroxyl groups excluding tert-OH is 2. The first-order chi connectivity index (χ1) is 27.6. The van der Waals surface area contributed by atoms with Gasteiger partial charge in [0.1, 0.15) is 13.2 Å². The Labute approximate surface area is 360 Å². The summed E-state index contributed by atoms with van der Waals surface area (Å²) in [5, 5.41) is 23.8. The van der Waals surface area contributed by atoms with Crippen molar-refractivity contribution >= 4 is 54.9 Å². The van der Waals surface area contributed by atoms with E-state index in [4.69, 9.17) is 9.47 Å². The third-order valence-electron chi connectivity index (χ3n) is 8.21. The average Bonchev–Trinajstić information content (AvgIpc) is 3.87. The van der Waals surface area contributed by atoms with Gasteiger partial charge in [0.15, 0.2) is 0 Å². The molecule has 9 nitrogen and oxygen atoms in total. The molecule has 3 N–H and O–H groups in total. The number of nitrogens with one attached hydrogen (secondary N) is 1. The number of hydrogen-bond donors (Lipinski definition) is 3. The molecule has 1 radical (unpaired) electrons. The van der Waals surface area contributed by atoms with Crippen molar-refractivity contribution in [1.82, 2.24) is 15.3 Å². The van der Waals surface area contributed by atoms with Crippen LogP contribution in [0.25, 0.3) is 41.3 Å². The molecule has 58 heavy (non-hydrogen) atoms. The van der Waals surface area contributed by atoms with E-state index in [1.807, 2.05) is 85.2 Å². The van der Waals surface area contributed by atoms with E-state index < -0.39 is 24.3 Å². The number of carbonyl (C=O) groups is 2. The molecule has 12 heteroatoms. The fourth-order valence-electron chi connectivity index (χ4n) is 5.33. The van der Waals surface area contributed by atoms with Gasteiger partial charge in [0.2, 0.25) is 0 Å². The zero-order valence-electron chi connectivity index (χ0n) is 32.2. The largest absolute Gasteiger partial charge is 0.460 e. The molecule has 7 aromatic rings. The predicted molar refractivity (Wildman–Crippen MR) is 229 cm³/mol. The van der Waals surface area contributed by atoms with Gasteiger partial charge in [-0.1, -0.05) is 79.4 Å². The first kappa shape index (κ1) is 45.6. The molecular weight excluding hydrogens is 947 g/mol. The molecule has 0 aliphatic carbocycles. The maximum Gasteiger partial charge on any atom is 0.407 e. The van der Waals surface area contributed by atoms with Crippen LogP contribution in [-0.4, -0.2) is 57.6 Å². The van der Waals surface area contributed by atoms with Gasteiger partial charge in [0.25, 0.3) is 0 Å². The van der Waals surface area contributed by atoms with Crippen LogP contribution < -0.4 is 5.32 Å². The Morgan fingerprint density at radius 3 is 1.76 bits per heavy atom. The van der Waals surface area contributed by atoms with E-state index in [0.29, 0.717) is 24.8 Å². The van der Waals surface area contributed by atoms with Gasteiger partial charge >= 0.3 is 12.1 Å². The summed E-state index contributed by atoms with van der Waals surface area (Å²) in [5.41, 5.74) is 4.20. The van der Waals surface area contributed by atoms with Crippen LogP contribution in [0.15, 0.2) is 134 Å². The van der Waals surface area contributed by atoms with Gasteiger partial charge in [-0.25, -0.2) is 32.3 Å². The minimum atomic E-state index is -0.591. The number of esters is 1. The number of thiophene rings is 2. The van der Waals surface area contributed by atoms with Crippen LogP contribution in [0.1, 0.15) is 37.8 Å². The molecular formula is C46H45IrN3O6S2-2. The minimum Gasteiger partial charge on any atom is -0.460 e. The summed E-state index contributed by atoms with van der Waals surface area (Å²) in [4.78, 5) is 33.6. The monoisotopic (exact) mass is 992 g/mol. The van der Waals surface area contributed by atoms with Crippen molar-refractivity contribution in [1.29, 1.82) is 0 Å². The van der Waals surface area contributed by atoms with Gasteiger partial charge in [-0.15, -0.1) is 47.2 Å². The normalized spacial score (nSPS) is 11.4. The third kappa shape index (κ3) is 15.0. The maximum atomic E-state index is 11.6. The molecule has 0 aliphatic heterocycles. The van der Waals surface area contributed by atoms with E-state index in [9.17, 15) is 19.8 Å². The zero-order chi connectivity index (χ0) is 40.4. The van der Waals surface area contributed by atoms with Crippen molar-refractivity contribution in [3.8, 4) is 21.1 Å². The van der Waals surface area contributed by atoms with Crippen molar-refractivity contribution in [3.63, 3.8) is 0 Å². The Morgan fingerprint density at radius 1 is 0.759 bits per heavy atom. The summed E-state index contributed by atoms with van der Waals surface area (Å²) < 4.78 is 12.5. The van der Waals surface area contributed by atoms with E-state index in [1.54, 1.807) is 36.5 Å². The first-order valence-corrected chi connectivity index (χ1v) is 20.1. The number of aromatic nitrogens is 2. The molecule has 4 aromatic heterocycles. The molecule has 0 fully saturated rings. The number of aryl methyl sites for hydroxylation is 1. The molecule has 7 rings (SSSR count). The minimum absolute atomic E-state index is 0. The van der Waals surface area contributed by atoms with Crippen molar-refractivity contribution in [2.45, 2.75) is 51.9 Å². The summed E-state index contributed by atoms with van der Waals surface area (Å²) in [7, 11) is 0. The number of ether oxygens (including phenoxy) is 2. The van der Waals surface area contributed by atoms with Crippen LogP contribution in [0.4, 0.5) is 4.79 Å². The molecule has 0 saturated carbocycles. The van der Waals surface area contributed by atoms with Gasteiger partial charge < -0.3 is 35.0 Å². The molecule has 303 valence electrons. The number of alkyl carbamates (subject to hydrolysis) is 1. The van der Waals surface area contributed by atoms with Crippen LogP contribution in [0, 0.1) is 12.1 Å². The van der Waals surface area contributed by atoms with Crippen molar-refractivity contribution in [3.05, 3.63) is 157 Å². The number of amides is 1.